The number of ketones is 1. The van der Waals surface area contributed by atoms with Gasteiger partial charge in [0.05, 0.1) is 13.2 Å². The van der Waals surface area contributed by atoms with Crippen molar-refractivity contribution < 1.29 is 14.3 Å². The van der Waals surface area contributed by atoms with Crippen molar-refractivity contribution in [3.05, 3.63) is 0 Å². The first-order valence-corrected chi connectivity index (χ1v) is 5.11. The molecule has 0 N–H and O–H groups in total. The molecular formula is C10H15NO3. The van der Waals surface area contributed by atoms with Crippen molar-refractivity contribution in [3.8, 4) is 0 Å². The molecule has 0 aromatic heterocycles. The van der Waals surface area contributed by atoms with Crippen LogP contribution < -0.4 is 0 Å². The van der Waals surface area contributed by atoms with E-state index in [1.807, 2.05) is 0 Å². The van der Waals surface area contributed by atoms with Gasteiger partial charge >= 0.3 is 6.09 Å². The Morgan fingerprint density at radius 2 is 2.29 bits per heavy atom. The minimum absolute atomic E-state index is 0.184. The van der Waals surface area contributed by atoms with Gasteiger partial charge < -0.3 is 4.74 Å². The Bertz CT molecular complexity index is 264. The summed E-state index contributed by atoms with van der Waals surface area (Å²) >= 11 is 0. The number of methoxy groups -OCH3 is 1. The van der Waals surface area contributed by atoms with Gasteiger partial charge in [-0.1, -0.05) is 0 Å². The van der Waals surface area contributed by atoms with Crippen molar-refractivity contribution in [1.29, 1.82) is 0 Å². The molecule has 1 amide bonds. The summed E-state index contributed by atoms with van der Waals surface area (Å²) < 4.78 is 4.67. The largest absolute Gasteiger partial charge is 0.453 e. The van der Waals surface area contributed by atoms with Crippen molar-refractivity contribution in [2.24, 2.45) is 5.92 Å². The number of fused-ring (bicyclic) bond motifs is 1. The number of carbonyl (C=O) groups excluding carboxylic acids is 2. The van der Waals surface area contributed by atoms with Crippen LogP contribution in [0.1, 0.15) is 25.7 Å². The van der Waals surface area contributed by atoms with E-state index in [9.17, 15) is 9.59 Å². The number of carbonyl (C=O) groups is 2. The lowest BCUT2D eigenvalue weighted by molar-refractivity contribution is -0.125. The molecule has 14 heavy (non-hydrogen) atoms. The molecule has 0 spiro atoms. The van der Waals surface area contributed by atoms with Crippen LogP contribution in [0.25, 0.3) is 0 Å². The van der Waals surface area contributed by atoms with Crippen LogP contribution in [0.15, 0.2) is 0 Å². The van der Waals surface area contributed by atoms with E-state index in [1.54, 1.807) is 4.90 Å². The van der Waals surface area contributed by atoms with E-state index in [0.717, 1.165) is 19.3 Å². The smallest absolute Gasteiger partial charge is 0.410 e. The highest BCUT2D eigenvalue weighted by molar-refractivity contribution is 5.88. The summed E-state index contributed by atoms with van der Waals surface area (Å²) in [5, 5.41) is 0. The first-order chi connectivity index (χ1) is 6.74. The van der Waals surface area contributed by atoms with E-state index < -0.39 is 0 Å². The lowest BCUT2D eigenvalue weighted by Crippen LogP contribution is -2.44. The van der Waals surface area contributed by atoms with Gasteiger partial charge in [-0.3, -0.25) is 9.69 Å². The van der Waals surface area contributed by atoms with Crippen LogP contribution in [0.3, 0.4) is 0 Å². The molecule has 78 valence electrons. The van der Waals surface area contributed by atoms with Crippen molar-refractivity contribution in [1.82, 2.24) is 4.90 Å². The van der Waals surface area contributed by atoms with Crippen LogP contribution in [-0.2, 0) is 9.53 Å². The lowest BCUT2D eigenvalue weighted by Gasteiger charge is -2.29. The van der Waals surface area contributed by atoms with Crippen LogP contribution in [-0.4, -0.2) is 36.5 Å². The molecule has 0 aromatic rings. The van der Waals surface area contributed by atoms with Crippen molar-refractivity contribution in [2.45, 2.75) is 31.7 Å². The zero-order chi connectivity index (χ0) is 10.1. The first-order valence-electron chi connectivity index (χ1n) is 5.11. The van der Waals surface area contributed by atoms with Gasteiger partial charge in [0.25, 0.3) is 0 Å². The summed E-state index contributed by atoms with van der Waals surface area (Å²) in [5.41, 5.74) is 0. The van der Waals surface area contributed by atoms with Crippen LogP contribution in [0.5, 0.6) is 0 Å². The monoisotopic (exact) mass is 197 g/mol. The number of hydrogen-bond donors (Lipinski definition) is 0. The van der Waals surface area contributed by atoms with E-state index in [0.29, 0.717) is 18.9 Å². The van der Waals surface area contributed by atoms with Crippen molar-refractivity contribution in [3.63, 3.8) is 0 Å². The Morgan fingerprint density at radius 3 is 3.00 bits per heavy atom. The molecular weight excluding hydrogens is 182 g/mol. The highest BCUT2D eigenvalue weighted by Crippen LogP contribution is 2.34. The molecule has 1 saturated carbocycles. The van der Waals surface area contributed by atoms with Crippen LogP contribution in [0, 0.1) is 5.92 Å². The van der Waals surface area contributed by atoms with Crippen LogP contribution in [0.2, 0.25) is 0 Å². The molecule has 1 aliphatic heterocycles. The Morgan fingerprint density at radius 1 is 1.50 bits per heavy atom. The molecule has 4 nitrogen and oxygen atoms in total. The van der Waals surface area contributed by atoms with Gasteiger partial charge in [0.15, 0.2) is 5.78 Å². The second kappa shape index (κ2) is 3.59. The predicted molar refractivity (Wildman–Crippen MR) is 49.9 cm³/mol. The molecule has 0 bridgehead atoms. The minimum Gasteiger partial charge on any atom is -0.453 e. The quantitative estimate of drug-likeness (QED) is 0.586. The Labute approximate surface area is 83.2 Å². The summed E-state index contributed by atoms with van der Waals surface area (Å²) in [4.78, 5) is 24.6. The number of nitrogens with zero attached hydrogens (tertiary/aromatic N) is 1. The maximum atomic E-state index is 11.7. The van der Waals surface area contributed by atoms with Crippen molar-refractivity contribution >= 4 is 11.9 Å². The SMILES string of the molecule is COC(=O)N1CCC2CCCC(=O)C21. The number of rotatable bonds is 0. The summed E-state index contributed by atoms with van der Waals surface area (Å²) in [6.07, 6.45) is 3.27. The number of ether oxygens (including phenoxy) is 1. The zero-order valence-electron chi connectivity index (χ0n) is 8.36. The van der Waals surface area contributed by atoms with E-state index in [-0.39, 0.29) is 17.9 Å². The second-order valence-electron chi connectivity index (χ2n) is 4.02. The first kappa shape index (κ1) is 9.49. The average molecular weight is 197 g/mol. The van der Waals surface area contributed by atoms with E-state index in [4.69, 9.17) is 0 Å². The number of Topliss-reactive ketones (excluding diaryl/α,β-unsaturated/α-hetero) is 1. The third kappa shape index (κ3) is 1.38. The Kier molecular flexibility index (Phi) is 2.44. The predicted octanol–water partition coefficient (Wildman–Crippen LogP) is 1.20. The van der Waals surface area contributed by atoms with Crippen molar-refractivity contribution in [2.75, 3.05) is 13.7 Å². The summed E-state index contributed by atoms with van der Waals surface area (Å²) in [6.45, 7) is 0.674. The Hall–Kier alpha value is -1.06. The third-order valence-corrected chi connectivity index (χ3v) is 3.26. The fourth-order valence-corrected chi connectivity index (χ4v) is 2.60. The maximum absolute atomic E-state index is 11.7. The molecule has 2 atom stereocenters. The van der Waals surface area contributed by atoms with Gasteiger partial charge in [-0.05, 0) is 25.2 Å². The molecule has 0 aromatic carbocycles. The Balaban J connectivity index is 2.14. The minimum atomic E-state index is -0.354. The standard InChI is InChI=1S/C10H15NO3/c1-14-10(13)11-6-5-7-3-2-4-8(12)9(7)11/h7,9H,2-6H2,1H3. The maximum Gasteiger partial charge on any atom is 0.410 e. The number of amides is 1. The normalized spacial score (nSPS) is 31.5. The van der Waals surface area contributed by atoms with Gasteiger partial charge in [0.2, 0.25) is 0 Å². The molecule has 4 heteroatoms. The van der Waals surface area contributed by atoms with E-state index >= 15 is 0 Å². The van der Waals surface area contributed by atoms with Crippen LogP contribution in [0.4, 0.5) is 4.79 Å². The van der Waals surface area contributed by atoms with E-state index in [1.165, 1.54) is 7.11 Å². The fourth-order valence-electron chi connectivity index (χ4n) is 2.60. The summed E-state index contributed by atoms with van der Waals surface area (Å²) in [6, 6.07) is -0.184. The molecule has 1 aliphatic carbocycles. The number of likely N-dealkylation sites (tertiary alicyclic amines) is 1. The zero-order valence-corrected chi connectivity index (χ0v) is 8.36. The summed E-state index contributed by atoms with van der Waals surface area (Å²) in [7, 11) is 1.36. The topological polar surface area (TPSA) is 46.6 Å². The highest BCUT2D eigenvalue weighted by Gasteiger charge is 2.43. The highest BCUT2D eigenvalue weighted by atomic mass is 16.5. The van der Waals surface area contributed by atoms with Gasteiger partial charge in [-0.15, -0.1) is 0 Å². The third-order valence-electron chi connectivity index (χ3n) is 3.26. The van der Waals surface area contributed by atoms with Gasteiger partial charge in [-0.2, -0.15) is 0 Å². The molecule has 2 fully saturated rings. The lowest BCUT2D eigenvalue weighted by atomic mass is 9.84. The average Bonchev–Trinajstić information content (AvgIpc) is 2.62. The second-order valence-corrected chi connectivity index (χ2v) is 4.02. The summed E-state index contributed by atoms with van der Waals surface area (Å²) in [5.74, 6) is 0.597. The van der Waals surface area contributed by atoms with Gasteiger partial charge in [-0.25, -0.2) is 4.79 Å². The molecule has 1 saturated heterocycles. The molecule has 2 unspecified atom stereocenters. The van der Waals surface area contributed by atoms with Gasteiger partial charge in [0, 0.05) is 13.0 Å². The molecule has 2 rings (SSSR count). The molecule has 2 aliphatic rings. The van der Waals surface area contributed by atoms with Gasteiger partial charge in [0.1, 0.15) is 0 Å². The fraction of sp³-hybridized carbons (Fsp3) is 0.800. The number of hydrogen-bond acceptors (Lipinski definition) is 3. The molecule has 0 radical (unpaired) electrons. The van der Waals surface area contributed by atoms with E-state index in [2.05, 4.69) is 4.74 Å². The molecule has 1 heterocycles. The van der Waals surface area contributed by atoms with Crippen LogP contribution >= 0.6 is 0 Å².